The molecule has 3 amide bonds. The van der Waals surface area contributed by atoms with E-state index in [0.717, 1.165) is 18.2 Å². The number of nitrogens with one attached hydrogen (secondary N) is 4. The molecule has 48 heavy (non-hydrogen) atoms. The number of rotatable bonds is 12. The van der Waals surface area contributed by atoms with Crippen molar-refractivity contribution < 1.29 is 36.3 Å². The molecule has 1 aliphatic rings. The molecule has 1 aromatic heterocycles. The fourth-order valence-corrected chi connectivity index (χ4v) is 6.47. The van der Waals surface area contributed by atoms with Gasteiger partial charge in [-0.1, -0.05) is 71.0 Å². The molecule has 1 heterocycles. The number of aromatic amines is 1. The molecule has 0 fully saturated rings. The number of halogens is 5. The van der Waals surface area contributed by atoms with Crippen molar-refractivity contribution in [2.45, 2.75) is 90.0 Å². The van der Waals surface area contributed by atoms with Gasteiger partial charge in [0.1, 0.15) is 23.2 Å². The van der Waals surface area contributed by atoms with Crippen molar-refractivity contribution in [1.82, 2.24) is 20.9 Å². The van der Waals surface area contributed by atoms with Crippen LogP contribution in [0.3, 0.4) is 0 Å². The van der Waals surface area contributed by atoms with Crippen LogP contribution in [0.4, 0.5) is 22.0 Å². The summed E-state index contributed by atoms with van der Waals surface area (Å²) in [6.45, 7) is 7.22. The number of H-pyrrole nitrogens is 1. The van der Waals surface area contributed by atoms with E-state index in [2.05, 4.69) is 20.9 Å². The molecule has 5 atom stereocenters. The second kappa shape index (κ2) is 14.6. The van der Waals surface area contributed by atoms with Gasteiger partial charge < -0.3 is 26.7 Å². The third kappa shape index (κ3) is 7.63. The van der Waals surface area contributed by atoms with Gasteiger partial charge in [-0.3, -0.25) is 14.4 Å². The Morgan fingerprint density at radius 3 is 2.17 bits per heavy atom. The second-order valence-electron chi connectivity index (χ2n) is 12.6. The summed E-state index contributed by atoms with van der Waals surface area (Å²) >= 11 is 5.24. The largest absolute Gasteiger partial charge is 0.418 e. The maximum absolute atomic E-state index is 14.3. The lowest BCUT2D eigenvalue weighted by atomic mass is 9.78. The summed E-state index contributed by atoms with van der Waals surface area (Å²) in [4.78, 5) is 44.3. The number of carbonyl (C=O) groups is 3. The van der Waals surface area contributed by atoms with E-state index in [1.807, 2.05) is 13.8 Å². The Morgan fingerprint density at radius 2 is 1.58 bits per heavy atom. The minimum Gasteiger partial charge on any atom is -0.392 e. The Kier molecular flexibility index (Phi) is 11.2. The number of alkyl halides is 3. The average Bonchev–Trinajstić information content (AvgIpc) is 3.40. The summed E-state index contributed by atoms with van der Waals surface area (Å²) in [5, 5.41) is 8.57. The number of aryl methyl sites for hydroxylation is 1. The number of hydrogen-bond donors (Lipinski definition) is 5. The summed E-state index contributed by atoms with van der Waals surface area (Å²) in [7, 11) is 0. The molecule has 14 heteroatoms. The molecule has 8 nitrogen and oxygen atoms in total. The Labute approximate surface area is 280 Å². The van der Waals surface area contributed by atoms with Crippen molar-refractivity contribution in [3.05, 3.63) is 70.4 Å². The first-order valence-electron chi connectivity index (χ1n) is 15.9. The monoisotopic (exact) mass is 693 g/mol. The fraction of sp³-hybridized carbons (Fsp3) is 0.471. The topological polar surface area (TPSA) is 129 Å². The van der Waals surface area contributed by atoms with Crippen LogP contribution in [-0.2, 0) is 39.8 Å². The second-order valence-corrected chi connectivity index (χ2v) is 13.1. The molecule has 4 rings (SSSR count). The van der Waals surface area contributed by atoms with Crippen LogP contribution in [0.5, 0.6) is 0 Å². The van der Waals surface area contributed by atoms with Gasteiger partial charge in [-0.15, -0.1) is 0 Å². The number of nitrogens with two attached hydrogens (primary N) is 1. The van der Waals surface area contributed by atoms with Gasteiger partial charge in [0.25, 0.3) is 0 Å². The van der Waals surface area contributed by atoms with Crippen molar-refractivity contribution >= 4 is 45.8 Å². The molecule has 3 aromatic rings. The number of hydrogen-bond acceptors (Lipinski definition) is 4. The number of para-hydroxylation sites is 1. The normalized spacial score (nSPS) is 18.7. The number of fused-ring (bicyclic) bond motifs is 3. The van der Waals surface area contributed by atoms with Crippen LogP contribution < -0.4 is 21.7 Å². The summed E-state index contributed by atoms with van der Waals surface area (Å²) in [5.74, 6) is -4.67. The molecule has 0 radical (unpaired) electrons. The Bertz CT molecular complexity index is 1690. The van der Waals surface area contributed by atoms with E-state index in [1.165, 1.54) is 18.2 Å². The molecule has 0 saturated heterocycles. The quantitative estimate of drug-likeness (QED) is 0.128. The number of thiocarbonyl (C=S) groups is 1. The summed E-state index contributed by atoms with van der Waals surface area (Å²) < 4.78 is 70.3. The van der Waals surface area contributed by atoms with Crippen LogP contribution in [-0.4, -0.2) is 45.3 Å². The number of carbonyl (C=O) groups excluding carboxylic acids is 3. The van der Waals surface area contributed by atoms with Crippen LogP contribution >= 0.6 is 12.2 Å². The van der Waals surface area contributed by atoms with Gasteiger partial charge in [0.15, 0.2) is 0 Å². The van der Waals surface area contributed by atoms with Gasteiger partial charge in [0.05, 0.1) is 28.5 Å². The van der Waals surface area contributed by atoms with Crippen LogP contribution in [0.2, 0.25) is 0 Å². The smallest absolute Gasteiger partial charge is 0.392 e. The van der Waals surface area contributed by atoms with E-state index in [-0.39, 0.29) is 41.1 Å². The summed E-state index contributed by atoms with van der Waals surface area (Å²) in [6.07, 6.45) is -4.35. The Hall–Kier alpha value is -4.07. The first kappa shape index (κ1) is 36.8. The Balaban J connectivity index is 1.73. The molecule has 0 bridgehead atoms. The third-order valence-corrected chi connectivity index (χ3v) is 9.68. The molecular weight excluding hydrogens is 653 g/mol. The molecule has 2 aromatic carbocycles. The average molecular weight is 694 g/mol. The van der Waals surface area contributed by atoms with E-state index < -0.39 is 76.6 Å². The van der Waals surface area contributed by atoms with Crippen molar-refractivity contribution in [3.63, 3.8) is 0 Å². The molecule has 6 N–H and O–H groups in total. The lowest BCUT2D eigenvalue weighted by Crippen LogP contribution is -2.67. The third-order valence-electron chi connectivity index (χ3n) is 9.43. The molecule has 1 aliphatic carbocycles. The fourth-order valence-electron chi connectivity index (χ4n) is 6.18. The number of benzene rings is 2. The molecule has 0 unspecified atom stereocenters. The zero-order valence-electron chi connectivity index (χ0n) is 27.1. The van der Waals surface area contributed by atoms with Crippen LogP contribution in [0.1, 0.15) is 69.3 Å². The van der Waals surface area contributed by atoms with Crippen molar-refractivity contribution in [2.75, 3.05) is 0 Å². The highest BCUT2D eigenvalue weighted by molar-refractivity contribution is 7.80. The van der Waals surface area contributed by atoms with Crippen molar-refractivity contribution in [2.24, 2.45) is 17.6 Å². The van der Waals surface area contributed by atoms with Crippen LogP contribution in [0.25, 0.3) is 10.9 Å². The Morgan fingerprint density at radius 1 is 0.979 bits per heavy atom. The minimum atomic E-state index is -4.64. The highest BCUT2D eigenvalue weighted by atomic mass is 32.1. The first-order valence-corrected chi connectivity index (χ1v) is 16.3. The number of amides is 3. The van der Waals surface area contributed by atoms with E-state index >= 15 is 0 Å². The molecule has 0 spiro atoms. The van der Waals surface area contributed by atoms with Gasteiger partial charge in [-0.2, -0.15) is 13.2 Å². The zero-order valence-corrected chi connectivity index (χ0v) is 27.9. The van der Waals surface area contributed by atoms with E-state index in [0.29, 0.717) is 24.1 Å². The van der Waals surface area contributed by atoms with Crippen molar-refractivity contribution in [1.29, 1.82) is 0 Å². The molecule has 260 valence electrons. The first-order chi connectivity index (χ1) is 22.5. The predicted molar refractivity (Wildman–Crippen MR) is 176 cm³/mol. The van der Waals surface area contributed by atoms with E-state index in [4.69, 9.17) is 18.0 Å². The highest BCUT2D eigenvalue weighted by Crippen LogP contribution is 2.40. The lowest BCUT2D eigenvalue weighted by molar-refractivity contribution is -0.137. The summed E-state index contributed by atoms with van der Waals surface area (Å²) in [6, 6.07) is 5.03. The molecular formula is C34H40F5N5O3S. The zero-order chi connectivity index (χ0) is 35.6. The van der Waals surface area contributed by atoms with Gasteiger partial charge in [-0.05, 0) is 48.4 Å². The van der Waals surface area contributed by atoms with Gasteiger partial charge in [-0.25, -0.2) is 8.78 Å². The maximum atomic E-state index is 14.3. The van der Waals surface area contributed by atoms with Crippen LogP contribution in [0, 0.1) is 23.5 Å². The standard InChI is InChI=1S/C34H40F5N5O3S/c1-5-17(3)27(30(40)48)43-32(47)33(14-13-25-21(16-33)19-9-7-10-22(29(19)41-25)34(37,38)39)44-31(46)28(18(4)6-2)42-26(45)15-20-23(35)11-8-12-24(20)36/h7-12,17-18,27-28,41H,5-6,13-16H2,1-4H3,(H2,40,48)(H,42,45)(H,43,47)(H,44,46)/t17-,18-,27-,28-,33+/m0/s1. The summed E-state index contributed by atoms with van der Waals surface area (Å²) in [5.41, 5.74) is 3.81. The van der Waals surface area contributed by atoms with E-state index in [9.17, 15) is 36.3 Å². The maximum Gasteiger partial charge on any atom is 0.418 e. The lowest BCUT2D eigenvalue weighted by Gasteiger charge is -2.40. The van der Waals surface area contributed by atoms with Gasteiger partial charge in [0, 0.05) is 23.1 Å². The molecule has 0 saturated carbocycles. The highest BCUT2D eigenvalue weighted by Gasteiger charge is 2.47. The SMILES string of the molecule is CC[C@H](C)[C@H](NC(=O)Cc1c(F)cccc1F)C(=O)N[C@]1(C(=O)N[C@H](C(N)=S)[C@@H](C)CC)CCc2[nH]c3c(C(F)(F)F)cccc3c2C1. The van der Waals surface area contributed by atoms with Crippen molar-refractivity contribution in [3.8, 4) is 0 Å². The number of aromatic nitrogens is 1. The van der Waals surface area contributed by atoms with Gasteiger partial charge in [0.2, 0.25) is 17.7 Å². The minimum absolute atomic E-state index is 0.00207. The predicted octanol–water partition coefficient (Wildman–Crippen LogP) is 5.40. The van der Waals surface area contributed by atoms with Gasteiger partial charge >= 0.3 is 6.18 Å². The van der Waals surface area contributed by atoms with E-state index in [1.54, 1.807) is 13.8 Å². The van der Waals surface area contributed by atoms with Crippen LogP contribution in [0.15, 0.2) is 36.4 Å². The molecule has 0 aliphatic heterocycles.